The first-order valence-corrected chi connectivity index (χ1v) is 8.40. The Hall–Kier alpha value is -2.37. The summed E-state index contributed by atoms with van der Waals surface area (Å²) in [6, 6.07) is 17.8. The molecule has 24 heavy (non-hydrogen) atoms. The minimum absolute atomic E-state index is 0.0378. The van der Waals surface area contributed by atoms with Gasteiger partial charge in [-0.05, 0) is 29.8 Å². The number of ether oxygens (including phenoxy) is 1. The second-order valence-electron chi connectivity index (χ2n) is 6.25. The van der Waals surface area contributed by atoms with Crippen LogP contribution in [-0.4, -0.2) is 31.6 Å². The van der Waals surface area contributed by atoms with Gasteiger partial charge >= 0.3 is 0 Å². The van der Waals surface area contributed by atoms with Crippen LogP contribution in [0.1, 0.15) is 17.9 Å². The number of nitrogens with zero attached hydrogens (tertiary/aromatic N) is 1. The van der Waals surface area contributed by atoms with Crippen molar-refractivity contribution < 1.29 is 9.53 Å². The van der Waals surface area contributed by atoms with Gasteiger partial charge in [-0.3, -0.25) is 15.6 Å². The van der Waals surface area contributed by atoms with Crippen LogP contribution in [0.4, 0.5) is 5.69 Å². The summed E-state index contributed by atoms with van der Waals surface area (Å²) in [5, 5.41) is 0. The lowest BCUT2D eigenvalue weighted by molar-refractivity contribution is -0.122. The summed E-state index contributed by atoms with van der Waals surface area (Å²) in [5.74, 6) is 1.27. The second kappa shape index (κ2) is 6.63. The molecule has 2 heterocycles. The molecule has 1 unspecified atom stereocenters. The summed E-state index contributed by atoms with van der Waals surface area (Å²) in [4.78, 5) is 14.5. The summed E-state index contributed by atoms with van der Waals surface area (Å²) in [7, 11) is 0. The third-order valence-corrected chi connectivity index (χ3v) is 4.68. The van der Waals surface area contributed by atoms with Crippen molar-refractivity contribution in [2.45, 2.75) is 18.4 Å². The Morgan fingerprint density at radius 3 is 2.38 bits per heavy atom. The third kappa shape index (κ3) is 3.00. The van der Waals surface area contributed by atoms with E-state index in [-0.39, 0.29) is 5.91 Å². The molecule has 2 aliphatic rings. The minimum Gasteiger partial charge on any atom is -0.481 e. The second-order valence-corrected chi connectivity index (χ2v) is 6.25. The number of anilines is 1. The zero-order valence-corrected chi connectivity index (χ0v) is 13.4. The number of rotatable bonds is 4. The van der Waals surface area contributed by atoms with Gasteiger partial charge in [0.05, 0.1) is 0 Å². The van der Waals surface area contributed by atoms with Gasteiger partial charge in [0.15, 0.2) is 6.10 Å². The number of carbonyl (C=O) groups is 1. The number of amides is 1. The van der Waals surface area contributed by atoms with Crippen LogP contribution in [0, 0.1) is 0 Å². The Bertz CT molecular complexity index is 696. The van der Waals surface area contributed by atoms with Crippen LogP contribution in [0.15, 0.2) is 54.6 Å². The van der Waals surface area contributed by atoms with Crippen molar-refractivity contribution in [2.75, 3.05) is 24.5 Å². The van der Waals surface area contributed by atoms with Crippen LogP contribution in [-0.2, 0) is 4.79 Å². The van der Waals surface area contributed by atoms with Gasteiger partial charge in [0.25, 0.3) is 5.91 Å². The zero-order valence-electron chi connectivity index (χ0n) is 13.4. The van der Waals surface area contributed by atoms with Crippen LogP contribution in [0.3, 0.4) is 0 Å². The fourth-order valence-electron chi connectivity index (χ4n) is 3.31. The fourth-order valence-corrected chi connectivity index (χ4v) is 3.31. The maximum Gasteiger partial charge on any atom is 0.268 e. The van der Waals surface area contributed by atoms with E-state index in [0.717, 1.165) is 24.5 Å². The molecule has 2 aromatic rings. The number of hydrogen-bond donors (Lipinski definition) is 2. The van der Waals surface area contributed by atoms with Crippen LogP contribution < -0.4 is 20.5 Å². The van der Waals surface area contributed by atoms with Gasteiger partial charge < -0.3 is 9.64 Å². The SMILES string of the molecule is O=C1C(Oc2ccccc2)CCN1c1ccc(C2CNNC2)cc1. The van der Waals surface area contributed by atoms with Crippen LogP contribution in [0.2, 0.25) is 0 Å². The molecule has 5 nitrogen and oxygen atoms in total. The van der Waals surface area contributed by atoms with E-state index in [9.17, 15) is 4.79 Å². The van der Waals surface area contributed by atoms with E-state index in [4.69, 9.17) is 4.74 Å². The molecule has 1 amide bonds. The Balaban J connectivity index is 1.44. The molecule has 2 fully saturated rings. The predicted molar refractivity (Wildman–Crippen MR) is 93.0 cm³/mol. The zero-order chi connectivity index (χ0) is 16.4. The first-order valence-electron chi connectivity index (χ1n) is 8.40. The van der Waals surface area contributed by atoms with Crippen molar-refractivity contribution in [3.63, 3.8) is 0 Å². The Morgan fingerprint density at radius 2 is 1.67 bits per heavy atom. The quantitative estimate of drug-likeness (QED) is 0.904. The summed E-state index contributed by atoms with van der Waals surface area (Å²) in [5.41, 5.74) is 8.53. The van der Waals surface area contributed by atoms with Crippen molar-refractivity contribution in [3.05, 3.63) is 60.2 Å². The molecule has 1 atom stereocenters. The normalized spacial score (nSPS) is 21.4. The highest BCUT2D eigenvalue weighted by Crippen LogP contribution is 2.26. The first-order chi connectivity index (χ1) is 11.8. The van der Waals surface area contributed by atoms with Crippen LogP contribution in [0.5, 0.6) is 5.75 Å². The predicted octanol–water partition coefficient (Wildman–Crippen LogP) is 2.06. The number of hydrazine groups is 1. The first kappa shape index (κ1) is 15.2. The van der Waals surface area contributed by atoms with Gasteiger partial charge in [0, 0.05) is 37.7 Å². The smallest absolute Gasteiger partial charge is 0.268 e. The van der Waals surface area contributed by atoms with Gasteiger partial charge in [0.1, 0.15) is 5.75 Å². The molecule has 2 aromatic carbocycles. The average molecular weight is 323 g/mol. The van der Waals surface area contributed by atoms with E-state index in [0.29, 0.717) is 18.9 Å². The summed E-state index contributed by atoms with van der Waals surface area (Å²) < 4.78 is 5.84. The molecule has 4 rings (SSSR count). The third-order valence-electron chi connectivity index (χ3n) is 4.68. The Labute approximate surface area is 141 Å². The molecular weight excluding hydrogens is 302 g/mol. The number of hydrogen-bond acceptors (Lipinski definition) is 4. The maximum absolute atomic E-state index is 12.6. The lowest BCUT2D eigenvalue weighted by Gasteiger charge is -2.18. The van der Waals surface area contributed by atoms with E-state index in [1.807, 2.05) is 47.4 Å². The molecule has 0 aliphatic carbocycles. The van der Waals surface area contributed by atoms with Crippen molar-refractivity contribution >= 4 is 11.6 Å². The lowest BCUT2D eigenvalue weighted by Crippen LogP contribution is -2.32. The fraction of sp³-hybridized carbons (Fsp3) is 0.316. The van der Waals surface area contributed by atoms with Crippen LogP contribution >= 0.6 is 0 Å². The van der Waals surface area contributed by atoms with Gasteiger partial charge in [-0.1, -0.05) is 30.3 Å². The molecule has 0 saturated carbocycles. The van der Waals surface area contributed by atoms with E-state index >= 15 is 0 Å². The Kier molecular flexibility index (Phi) is 4.19. The average Bonchev–Trinajstić information content (AvgIpc) is 3.27. The molecule has 2 N–H and O–H groups in total. The van der Waals surface area contributed by atoms with Crippen molar-refractivity contribution in [2.24, 2.45) is 0 Å². The molecule has 0 spiro atoms. The summed E-state index contributed by atoms with van der Waals surface area (Å²) >= 11 is 0. The maximum atomic E-state index is 12.6. The molecule has 2 saturated heterocycles. The molecule has 124 valence electrons. The topological polar surface area (TPSA) is 53.6 Å². The highest BCUT2D eigenvalue weighted by atomic mass is 16.5. The van der Waals surface area contributed by atoms with E-state index in [1.165, 1.54) is 5.56 Å². The van der Waals surface area contributed by atoms with E-state index < -0.39 is 6.10 Å². The van der Waals surface area contributed by atoms with Gasteiger partial charge in [-0.15, -0.1) is 0 Å². The largest absolute Gasteiger partial charge is 0.481 e. The standard InChI is InChI=1S/C19H21N3O2/c23-19-18(24-17-4-2-1-3-5-17)10-11-22(19)16-8-6-14(7-9-16)15-12-20-21-13-15/h1-9,15,18,20-21H,10-13H2. The van der Waals surface area contributed by atoms with Crippen molar-refractivity contribution in [3.8, 4) is 5.75 Å². The van der Waals surface area contributed by atoms with E-state index in [2.05, 4.69) is 23.0 Å². The monoisotopic (exact) mass is 323 g/mol. The minimum atomic E-state index is -0.393. The van der Waals surface area contributed by atoms with Crippen molar-refractivity contribution in [1.29, 1.82) is 0 Å². The molecule has 0 bridgehead atoms. The van der Waals surface area contributed by atoms with Gasteiger partial charge in [-0.25, -0.2) is 0 Å². The highest BCUT2D eigenvalue weighted by molar-refractivity contribution is 5.99. The van der Waals surface area contributed by atoms with Crippen LogP contribution in [0.25, 0.3) is 0 Å². The molecule has 2 aliphatic heterocycles. The van der Waals surface area contributed by atoms with Gasteiger partial charge in [-0.2, -0.15) is 0 Å². The Morgan fingerprint density at radius 1 is 0.958 bits per heavy atom. The molecule has 5 heteroatoms. The highest BCUT2D eigenvalue weighted by Gasteiger charge is 2.34. The number of carbonyl (C=O) groups excluding carboxylic acids is 1. The van der Waals surface area contributed by atoms with Crippen molar-refractivity contribution in [1.82, 2.24) is 10.9 Å². The number of nitrogens with one attached hydrogen (secondary N) is 2. The summed E-state index contributed by atoms with van der Waals surface area (Å²) in [6.45, 7) is 2.58. The summed E-state index contributed by atoms with van der Waals surface area (Å²) in [6.07, 6.45) is 0.321. The molecule has 0 aromatic heterocycles. The lowest BCUT2D eigenvalue weighted by atomic mass is 10.00. The number of benzene rings is 2. The van der Waals surface area contributed by atoms with Gasteiger partial charge in [0.2, 0.25) is 0 Å². The molecular formula is C19H21N3O2. The molecule has 0 radical (unpaired) electrons. The number of para-hydroxylation sites is 1. The van der Waals surface area contributed by atoms with E-state index in [1.54, 1.807) is 0 Å².